The molecule has 4 nitrogen and oxygen atoms in total. The average molecular weight is 236 g/mol. The molecule has 0 radical (unpaired) electrons. The van der Waals surface area contributed by atoms with E-state index in [1.54, 1.807) is 0 Å². The number of nitrogens with zero attached hydrogens (tertiary/aromatic N) is 1. The first-order valence-corrected chi connectivity index (χ1v) is 7.08. The van der Waals surface area contributed by atoms with Crippen LogP contribution in [0.4, 0.5) is 0 Å². The van der Waals surface area contributed by atoms with Crippen LogP contribution in [0.15, 0.2) is 4.99 Å². The number of hydrogen-bond acceptors (Lipinski definition) is 4. The molecule has 0 spiro atoms. The van der Waals surface area contributed by atoms with Crippen molar-refractivity contribution in [3.8, 4) is 0 Å². The molecule has 0 aromatic carbocycles. The van der Waals surface area contributed by atoms with E-state index in [9.17, 15) is 0 Å². The molecule has 17 heavy (non-hydrogen) atoms. The molecule has 1 aliphatic heterocycles. The van der Waals surface area contributed by atoms with Crippen LogP contribution in [0.5, 0.6) is 0 Å². The van der Waals surface area contributed by atoms with Gasteiger partial charge in [0.05, 0.1) is 12.1 Å². The second-order valence-corrected chi connectivity index (χ2v) is 6.02. The SMILES string of the molecule is NC1CCC(C2=NC3CCC(N)CC3N2)CC1. The highest BCUT2D eigenvalue weighted by Crippen LogP contribution is 2.30. The summed E-state index contributed by atoms with van der Waals surface area (Å²) in [5.74, 6) is 1.90. The van der Waals surface area contributed by atoms with Gasteiger partial charge >= 0.3 is 0 Å². The smallest absolute Gasteiger partial charge is 0.100 e. The van der Waals surface area contributed by atoms with Crippen LogP contribution >= 0.6 is 0 Å². The normalized spacial score (nSPS) is 46.0. The Bertz CT molecular complexity index is 307. The highest BCUT2D eigenvalue weighted by atomic mass is 15.1. The molecule has 3 aliphatic rings. The second kappa shape index (κ2) is 4.58. The summed E-state index contributed by atoms with van der Waals surface area (Å²) in [6.07, 6.45) is 8.10. The van der Waals surface area contributed by atoms with E-state index in [2.05, 4.69) is 5.32 Å². The van der Waals surface area contributed by atoms with Gasteiger partial charge in [-0.1, -0.05) is 0 Å². The highest BCUT2D eigenvalue weighted by Gasteiger charge is 2.36. The van der Waals surface area contributed by atoms with Crippen LogP contribution in [0.2, 0.25) is 0 Å². The third-order valence-electron chi connectivity index (χ3n) is 4.65. The first kappa shape index (κ1) is 11.5. The number of rotatable bonds is 1. The largest absolute Gasteiger partial charge is 0.369 e. The molecule has 3 atom stereocenters. The minimum Gasteiger partial charge on any atom is -0.369 e. The maximum absolute atomic E-state index is 6.03. The zero-order valence-electron chi connectivity index (χ0n) is 10.4. The van der Waals surface area contributed by atoms with Crippen molar-refractivity contribution in [3.05, 3.63) is 0 Å². The van der Waals surface area contributed by atoms with Crippen LogP contribution in [0, 0.1) is 5.92 Å². The molecule has 1 heterocycles. The van der Waals surface area contributed by atoms with Crippen molar-refractivity contribution in [1.29, 1.82) is 0 Å². The summed E-state index contributed by atoms with van der Waals surface area (Å²) >= 11 is 0. The summed E-state index contributed by atoms with van der Waals surface area (Å²) in [6, 6.07) is 1.81. The molecule has 5 N–H and O–H groups in total. The number of amidine groups is 1. The standard InChI is InChI=1S/C13H24N4/c14-9-3-1-8(2-4-9)13-16-11-6-5-10(15)7-12(11)17-13/h8-12H,1-7,14-15H2,(H,16,17). The first-order valence-electron chi connectivity index (χ1n) is 7.08. The Morgan fingerprint density at radius 3 is 2.41 bits per heavy atom. The predicted molar refractivity (Wildman–Crippen MR) is 69.9 cm³/mol. The minimum atomic E-state index is 0.373. The average Bonchev–Trinajstić information content (AvgIpc) is 2.72. The summed E-state index contributed by atoms with van der Waals surface area (Å²) in [5, 5.41) is 3.64. The molecule has 0 aromatic rings. The van der Waals surface area contributed by atoms with E-state index < -0.39 is 0 Å². The van der Waals surface area contributed by atoms with Crippen LogP contribution < -0.4 is 16.8 Å². The molecule has 96 valence electrons. The topological polar surface area (TPSA) is 76.4 Å². The predicted octanol–water partition coefficient (Wildman–Crippen LogP) is 0.754. The number of hydrogen-bond donors (Lipinski definition) is 3. The van der Waals surface area contributed by atoms with Crippen molar-refractivity contribution in [1.82, 2.24) is 5.32 Å². The number of nitrogens with one attached hydrogen (secondary N) is 1. The lowest BCUT2D eigenvalue weighted by molar-refractivity contribution is 0.344. The molecule has 2 saturated carbocycles. The summed E-state index contributed by atoms with van der Waals surface area (Å²) in [7, 11) is 0. The van der Waals surface area contributed by atoms with Gasteiger partial charge in [-0.3, -0.25) is 4.99 Å². The van der Waals surface area contributed by atoms with Gasteiger partial charge in [0.2, 0.25) is 0 Å². The van der Waals surface area contributed by atoms with Gasteiger partial charge in [0.1, 0.15) is 5.84 Å². The van der Waals surface area contributed by atoms with Crippen LogP contribution in [-0.4, -0.2) is 30.0 Å². The lowest BCUT2D eigenvalue weighted by Crippen LogP contribution is -2.45. The molecular weight excluding hydrogens is 212 g/mol. The molecule has 0 saturated heterocycles. The fraction of sp³-hybridized carbons (Fsp3) is 0.923. The van der Waals surface area contributed by atoms with Gasteiger partial charge in [0.25, 0.3) is 0 Å². The van der Waals surface area contributed by atoms with E-state index in [0.717, 1.165) is 32.1 Å². The number of fused-ring (bicyclic) bond motifs is 1. The third-order valence-corrected chi connectivity index (χ3v) is 4.65. The minimum absolute atomic E-state index is 0.373. The van der Waals surface area contributed by atoms with Crippen molar-refractivity contribution < 1.29 is 0 Å². The Balaban J connectivity index is 1.62. The fourth-order valence-corrected chi connectivity index (χ4v) is 3.52. The Morgan fingerprint density at radius 1 is 0.941 bits per heavy atom. The summed E-state index contributed by atoms with van der Waals surface area (Å²) in [5.41, 5.74) is 12.0. The first-order chi connectivity index (χ1) is 8.22. The van der Waals surface area contributed by atoms with Gasteiger partial charge in [-0.2, -0.15) is 0 Å². The van der Waals surface area contributed by atoms with Crippen LogP contribution in [0.25, 0.3) is 0 Å². The van der Waals surface area contributed by atoms with Crippen LogP contribution in [0.1, 0.15) is 44.9 Å². The maximum atomic E-state index is 6.03. The highest BCUT2D eigenvalue weighted by molar-refractivity contribution is 5.87. The molecular formula is C13H24N4. The molecule has 2 fully saturated rings. The maximum Gasteiger partial charge on any atom is 0.100 e. The van der Waals surface area contributed by atoms with Crippen LogP contribution in [-0.2, 0) is 0 Å². The van der Waals surface area contributed by atoms with E-state index in [4.69, 9.17) is 16.5 Å². The Labute approximate surface area is 103 Å². The lowest BCUT2D eigenvalue weighted by Gasteiger charge is -2.29. The van der Waals surface area contributed by atoms with Gasteiger partial charge < -0.3 is 16.8 Å². The van der Waals surface area contributed by atoms with Gasteiger partial charge in [0.15, 0.2) is 0 Å². The molecule has 0 amide bonds. The van der Waals surface area contributed by atoms with Crippen molar-refractivity contribution in [2.24, 2.45) is 22.4 Å². The number of nitrogens with two attached hydrogens (primary N) is 2. The van der Waals surface area contributed by atoms with E-state index in [1.165, 1.54) is 18.7 Å². The van der Waals surface area contributed by atoms with Crippen molar-refractivity contribution in [3.63, 3.8) is 0 Å². The van der Waals surface area contributed by atoms with Crippen molar-refractivity contribution >= 4 is 5.84 Å². The summed E-state index contributed by atoms with van der Waals surface area (Å²) in [4.78, 5) is 4.90. The monoisotopic (exact) mass is 236 g/mol. The second-order valence-electron chi connectivity index (χ2n) is 6.02. The number of aliphatic imine (C=N–C) groups is 1. The zero-order valence-corrected chi connectivity index (χ0v) is 10.4. The zero-order chi connectivity index (χ0) is 11.8. The fourth-order valence-electron chi connectivity index (χ4n) is 3.52. The van der Waals surface area contributed by atoms with Gasteiger partial charge in [-0.05, 0) is 44.9 Å². The van der Waals surface area contributed by atoms with Gasteiger partial charge in [0, 0.05) is 18.0 Å². The van der Waals surface area contributed by atoms with Crippen LogP contribution in [0.3, 0.4) is 0 Å². The van der Waals surface area contributed by atoms with E-state index in [0.29, 0.717) is 30.1 Å². The summed E-state index contributed by atoms with van der Waals surface area (Å²) in [6.45, 7) is 0. The lowest BCUT2D eigenvalue weighted by atomic mass is 9.85. The molecule has 4 heteroatoms. The van der Waals surface area contributed by atoms with Crippen molar-refractivity contribution in [2.75, 3.05) is 0 Å². The van der Waals surface area contributed by atoms with Gasteiger partial charge in [-0.25, -0.2) is 0 Å². The third kappa shape index (κ3) is 2.33. The molecule has 0 aromatic heterocycles. The van der Waals surface area contributed by atoms with E-state index in [1.807, 2.05) is 0 Å². The molecule has 2 aliphatic carbocycles. The van der Waals surface area contributed by atoms with E-state index >= 15 is 0 Å². The Kier molecular flexibility index (Phi) is 3.09. The van der Waals surface area contributed by atoms with E-state index in [-0.39, 0.29) is 0 Å². The Morgan fingerprint density at radius 2 is 1.65 bits per heavy atom. The van der Waals surface area contributed by atoms with Crippen molar-refractivity contribution in [2.45, 2.75) is 69.1 Å². The molecule has 0 bridgehead atoms. The molecule has 3 unspecified atom stereocenters. The summed E-state index contributed by atoms with van der Waals surface area (Å²) < 4.78 is 0. The van der Waals surface area contributed by atoms with Gasteiger partial charge in [-0.15, -0.1) is 0 Å². The Hall–Kier alpha value is -0.610. The molecule has 3 rings (SSSR count). The quantitative estimate of drug-likeness (QED) is 0.629.